The molecule has 4 rings (SSSR count). The molecule has 3 fully saturated rings. The number of hydrogen-bond acceptors (Lipinski definition) is 4. The van der Waals surface area contributed by atoms with Crippen LogP contribution >= 0.6 is 0 Å². The molecule has 28 heavy (non-hydrogen) atoms. The fraction of sp³-hybridized carbons (Fsp3) is 0.682. The van der Waals surface area contributed by atoms with Gasteiger partial charge >= 0.3 is 0 Å². The number of fused-ring (bicyclic) bond motifs is 3. The SMILES string of the molecule is CC(C)c1cc(C(C)C)c(S(=O)(=O)N/N=C2\CN3CCC2CC3)c(C(C)C)c1. The normalized spacial score (nSPS) is 24.0. The van der Waals surface area contributed by atoms with E-state index in [0.29, 0.717) is 16.7 Å². The summed E-state index contributed by atoms with van der Waals surface area (Å²) in [5.74, 6) is 1.01. The fourth-order valence-corrected chi connectivity index (χ4v) is 5.81. The van der Waals surface area contributed by atoms with Crippen molar-refractivity contribution in [1.82, 2.24) is 9.73 Å². The predicted octanol–water partition coefficient (Wildman–Crippen LogP) is 4.42. The van der Waals surface area contributed by atoms with Gasteiger partial charge in [-0.2, -0.15) is 13.5 Å². The molecule has 0 atom stereocenters. The second-order valence-electron chi connectivity index (χ2n) is 9.24. The lowest BCUT2D eigenvalue weighted by Crippen LogP contribution is -2.48. The molecule has 6 heteroatoms. The van der Waals surface area contributed by atoms with Gasteiger partial charge in [0, 0.05) is 12.5 Å². The summed E-state index contributed by atoms with van der Waals surface area (Å²) >= 11 is 0. The zero-order valence-electron chi connectivity index (χ0n) is 18.1. The molecule has 2 bridgehead atoms. The van der Waals surface area contributed by atoms with Crippen molar-refractivity contribution in [3.05, 3.63) is 28.8 Å². The van der Waals surface area contributed by atoms with Gasteiger partial charge in [-0.3, -0.25) is 4.90 Å². The van der Waals surface area contributed by atoms with Crippen molar-refractivity contribution in [3.63, 3.8) is 0 Å². The van der Waals surface area contributed by atoms with Gasteiger partial charge < -0.3 is 0 Å². The summed E-state index contributed by atoms with van der Waals surface area (Å²) in [6, 6.07) is 4.13. The molecule has 3 aliphatic heterocycles. The van der Waals surface area contributed by atoms with E-state index >= 15 is 0 Å². The number of benzene rings is 1. The average Bonchev–Trinajstić information content (AvgIpc) is 2.66. The third kappa shape index (κ3) is 4.28. The number of sulfonamides is 1. The van der Waals surface area contributed by atoms with Gasteiger partial charge in [0.15, 0.2) is 0 Å². The van der Waals surface area contributed by atoms with Gasteiger partial charge in [0.05, 0.1) is 10.6 Å². The lowest BCUT2D eigenvalue weighted by molar-refractivity contribution is 0.200. The molecule has 0 amide bonds. The van der Waals surface area contributed by atoms with E-state index in [9.17, 15) is 8.42 Å². The van der Waals surface area contributed by atoms with Crippen molar-refractivity contribution in [2.45, 2.75) is 77.0 Å². The first-order valence-corrected chi connectivity index (χ1v) is 12.1. The number of hydrazone groups is 1. The Bertz CT molecular complexity index is 820. The summed E-state index contributed by atoms with van der Waals surface area (Å²) in [5, 5.41) is 4.41. The highest BCUT2D eigenvalue weighted by Gasteiger charge is 2.32. The topological polar surface area (TPSA) is 61.8 Å². The minimum atomic E-state index is -3.73. The molecule has 1 N–H and O–H groups in total. The Morgan fingerprint density at radius 2 is 1.50 bits per heavy atom. The Balaban J connectivity index is 2.02. The molecule has 3 heterocycles. The van der Waals surface area contributed by atoms with Crippen molar-refractivity contribution in [3.8, 4) is 0 Å². The van der Waals surface area contributed by atoms with Crippen LogP contribution in [0.4, 0.5) is 0 Å². The number of nitrogens with zero attached hydrogens (tertiary/aromatic N) is 2. The highest BCUT2D eigenvalue weighted by atomic mass is 32.2. The molecule has 0 aliphatic carbocycles. The Morgan fingerprint density at radius 3 is 1.89 bits per heavy atom. The summed E-state index contributed by atoms with van der Waals surface area (Å²) in [6.07, 6.45) is 2.16. The minimum Gasteiger partial charge on any atom is -0.298 e. The monoisotopic (exact) mass is 405 g/mol. The number of rotatable bonds is 6. The molecule has 0 spiro atoms. The molecule has 1 aromatic rings. The van der Waals surface area contributed by atoms with Crippen molar-refractivity contribution in [2.24, 2.45) is 11.0 Å². The second kappa shape index (κ2) is 8.15. The Labute approximate surface area is 170 Å². The van der Waals surface area contributed by atoms with Crippen LogP contribution in [0.2, 0.25) is 0 Å². The van der Waals surface area contributed by atoms with Crippen molar-refractivity contribution >= 4 is 15.7 Å². The summed E-state index contributed by atoms with van der Waals surface area (Å²) < 4.78 is 26.8. The molecule has 5 nitrogen and oxygen atoms in total. The molecule has 0 unspecified atom stereocenters. The van der Waals surface area contributed by atoms with Crippen LogP contribution in [0.25, 0.3) is 0 Å². The molecular weight excluding hydrogens is 370 g/mol. The first-order chi connectivity index (χ1) is 13.1. The van der Waals surface area contributed by atoms with Crippen LogP contribution in [0, 0.1) is 5.92 Å². The van der Waals surface area contributed by atoms with Gasteiger partial charge in [0.25, 0.3) is 10.0 Å². The summed E-state index contributed by atoms with van der Waals surface area (Å²) in [4.78, 5) is 5.38. The first kappa shape index (κ1) is 21.3. The van der Waals surface area contributed by atoms with Gasteiger partial charge in [-0.1, -0.05) is 53.7 Å². The Morgan fingerprint density at radius 1 is 0.964 bits per heavy atom. The summed E-state index contributed by atoms with van der Waals surface area (Å²) in [5.41, 5.74) is 3.94. The molecule has 1 aromatic carbocycles. The lowest BCUT2D eigenvalue weighted by atomic mass is 9.87. The van der Waals surface area contributed by atoms with Gasteiger partial charge in [0.1, 0.15) is 0 Å². The zero-order chi connectivity index (χ0) is 20.6. The quantitative estimate of drug-likeness (QED) is 0.713. The lowest BCUT2D eigenvalue weighted by Gasteiger charge is -2.39. The van der Waals surface area contributed by atoms with E-state index < -0.39 is 10.0 Å². The van der Waals surface area contributed by atoms with Gasteiger partial charge in [-0.15, -0.1) is 0 Å². The molecule has 3 saturated heterocycles. The molecule has 3 aliphatic rings. The van der Waals surface area contributed by atoms with Crippen LogP contribution in [0.3, 0.4) is 0 Å². The maximum atomic E-state index is 13.4. The summed E-state index contributed by atoms with van der Waals surface area (Å²) in [6.45, 7) is 15.5. The maximum absolute atomic E-state index is 13.4. The van der Waals surface area contributed by atoms with E-state index in [-0.39, 0.29) is 11.8 Å². The van der Waals surface area contributed by atoms with E-state index in [4.69, 9.17) is 0 Å². The van der Waals surface area contributed by atoms with E-state index in [1.165, 1.54) is 5.56 Å². The van der Waals surface area contributed by atoms with Crippen LogP contribution in [0.1, 0.15) is 88.8 Å². The minimum absolute atomic E-state index is 0.118. The van der Waals surface area contributed by atoms with Crippen molar-refractivity contribution in [1.29, 1.82) is 0 Å². The largest absolute Gasteiger partial charge is 0.298 e. The van der Waals surface area contributed by atoms with Gasteiger partial charge in [0.2, 0.25) is 0 Å². The predicted molar refractivity (Wildman–Crippen MR) is 116 cm³/mol. The van der Waals surface area contributed by atoms with Crippen LogP contribution in [-0.4, -0.2) is 38.7 Å². The number of nitrogens with one attached hydrogen (secondary N) is 1. The number of piperidine rings is 3. The average molecular weight is 406 g/mol. The van der Waals surface area contributed by atoms with Crippen LogP contribution in [0.15, 0.2) is 22.1 Å². The van der Waals surface area contributed by atoms with E-state index in [1.807, 2.05) is 0 Å². The third-order valence-electron chi connectivity index (χ3n) is 6.10. The standard InChI is InChI=1S/C22H35N3O2S/c1-14(2)18-11-19(15(3)4)22(20(12-18)16(5)6)28(26,27)24-23-21-13-25-9-7-17(21)8-10-25/h11-12,14-17,24H,7-10,13H2,1-6H3/b23-21+. The van der Waals surface area contributed by atoms with Crippen LogP contribution in [-0.2, 0) is 10.0 Å². The van der Waals surface area contributed by atoms with Gasteiger partial charge in [-0.25, -0.2) is 4.83 Å². The molecule has 0 radical (unpaired) electrons. The molecule has 0 aromatic heterocycles. The van der Waals surface area contributed by atoms with E-state index in [1.54, 1.807) is 0 Å². The van der Waals surface area contributed by atoms with Gasteiger partial charge in [-0.05, 0) is 60.4 Å². The van der Waals surface area contributed by atoms with Crippen molar-refractivity contribution < 1.29 is 8.42 Å². The smallest absolute Gasteiger partial charge is 0.277 e. The highest BCUT2D eigenvalue weighted by molar-refractivity contribution is 7.89. The second-order valence-corrected chi connectivity index (χ2v) is 10.8. The Kier molecular flexibility index (Phi) is 6.20. The molecular formula is C22H35N3O2S. The first-order valence-electron chi connectivity index (χ1n) is 10.6. The van der Waals surface area contributed by atoms with Crippen LogP contribution in [0.5, 0.6) is 0 Å². The molecule has 156 valence electrons. The third-order valence-corrected chi connectivity index (χ3v) is 7.44. The fourth-order valence-electron chi connectivity index (χ4n) is 4.27. The summed E-state index contributed by atoms with van der Waals surface area (Å²) in [7, 11) is -3.73. The van der Waals surface area contributed by atoms with E-state index in [2.05, 4.69) is 68.5 Å². The maximum Gasteiger partial charge on any atom is 0.277 e. The number of hydrogen-bond donors (Lipinski definition) is 1. The van der Waals surface area contributed by atoms with Crippen LogP contribution < -0.4 is 4.83 Å². The van der Waals surface area contributed by atoms with Crippen molar-refractivity contribution in [2.75, 3.05) is 19.6 Å². The Hall–Kier alpha value is -1.40. The molecule has 0 saturated carbocycles. The zero-order valence-corrected chi connectivity index (χ0v) is 18.9. The highest BCUT2D eigenvalue weighted by Crippen LogP contribution is 2.35. The van der Waals surface area contributed by atoms with E-state index in [0.717, 1.165) is 49.3 Å².